The number of carbonyl (C=O) groups excluding carboxylic acids is 1. The zero-order chi connectivity index (χ0) is 17.3. The second kappa shape index (κ2) is 6.49. The van der Waals surface area contributed by atoms with Gasteiger partial charge in [0.15, 0.2) is 9.84 Å². The molecule has 2 aromatic carbocycles. The van der Waals surface area contributed by atoms with E-state index in [1.54, 1.807) is 30.3 Å². The van der Waals surface area contributed by atoms with E-state index in [-0.39, 0.29) is 11.3 Å². The highest BCUT2D eigenvalue weighted by Gasteiger charge is 2.32. The number of carbonyl (C=O) groups is 1. The first-order valence-corrected chi connectivity index (χ1v) is 9.63. The van der Waals surface area contributed by atoms with Gasteiger partial charge in [0.1, 0.15) is 5.82 Å². The van der Waals surface area contributed by atoms with Crippen molar-refractivity contribution in [3.05, 3.63) is 75.9 Å². The summed E-state index contributed by atoms with van der Waals surface area (Å²) in [5.41, 5.74) is 0.399. The van der Waals surface area contributed by atoms with Crippen LogP contribution in [0.5, 0.6) is 0 Å². The van der Waals surface area contributed by atoms with Gasteiger partial charge in [0.2, 0.25) is 0 Å². The predicted molar refractivity (Wildman–Crippen MR) is 94.1 cm³/mol. The van der Waals surface area contributed by atoms with E-state index in [1.807, 2.05) is 0 Å². The van der Waals surface area contributed by atoms with E-state index in [0.717, 1.165) is 9.88 Å². The standard InChI is InChI=1S/C17H13BrFNO3S/c18-12-5-7-13(8-6-12)20(14-9-10-24(22,23)11-14)17(21)15-3-1-2-4-16(15)19/h1-10,14H,11H2/t14-/m1/s1. The fraction of sp³-hybridized carbons (Fsp3) is 0.118. The summed E-state index contributed by atoms with van der Waals surface area (Å²) in [6.45, 7) is 0. The fourth-order valence-corrected chi connectivity index (χ4v) is 4.08. The van der Waals surface area contributed by atoms with Crippen molar-refractivity contribution in [2.75, 3.05) is 10.7 Å². The maximum Gasteiger partial charge on any atom is 0.261 e. The Hall–Kier alpha value is -1.99. The van der Waals surface area contributed by atoms with Gasteiger partial charge in [-0.2, -0.15) is 0 Å². The fourth-order valence-electron chi connectivity index (χ4n) is 2.55. The molecule has 7 heteroatoms. The van der Waals surface area contributed by atoms with Crippen molar-refractivity contribution in [3.8, 4) is 0 Å². The topological polar surface area (TPSA) is 54.5 Å². The molecular formula is C17H13BrFNO3S. The monoisotopic (exact) mass is 409 g/mol. The van der Waals surface area contributed by atoms with Gasteiger partial charge in [-0.05, 0) is 42.5 Å². The van der Waals surface area contributed by atoms with Crippen LogP contribution in [0.1, 0.15) is 10.4 Å². The summed E-state index contributed by atoms with van der Waals surface area (Å²) in [6, 6.07) is 11.8. The van der Waals surface area contributed by atoms with E-state index in [2.05, 4.69) is 15.9 Å². The SMILES string of the molecule is O=C(c1ccccc1F)N(c1ccc(Br)cc1)[C@@H]1C=CS(=O)(=O)C1. The molecule has 24 heavy (non-hydrogen) atoms. The largest absolute Gasteiger partial charge is 0.300 e. The van der Waals surface area contributed by atoms with Crippen molar-refractivity contribution in [2.24, 2.45) is 0 Å². The first-order chi connectivity index (χ1) is 11.4. The molecule has 0 bridgehead atoms. The average molecular weight is 410 g/mol. The molecule has 0 N–H and O–H groups in total. The van der Waals surface area contributed by atoms with Crippen LogP contribution >= 0.6 is 15.9 Å². The van der Waals surface area contributed by atoms with Crippen LogP contribution in [-0.2, 0) is 9.84 Å². The number of sulfone groups is 1. The molecule has 0 aliphatic carbocycles. The van der Waals surface area contributed by atoms with E-state index in [4.69, 9.17) is 0 Å². The Morgan fingerprint density at radius 2 is 1.79 bits per heavy atom. The predicted octanol–water partition coefficient (Wildman–Crippen LogP) is 3.55. The van der Waals surface area contributed by atoms with Gasteiger partial charge in [-0.25, -0.2) is 12.8 Å². The first-order valence-electron chi connectivity index (χ1n) is 7.12. The molecular weight excluding hydrogens is 397 g/mol. The second-order valence-electron chi connectivity index (χ2n) is 5.36. The van der Waals surface area contributed by atoms with Crippen LogP contribution in [0, 0.1) is 5.82 Å². The summed E-state index contributed by atoms with van der Waals surface area (Å²) >= 11 is 3.32. The van der Waals surface area contributed by atoms with E-state index in [0.29, 0.717) is 5.69 Å². The lowest BCUT2D eigenvalue weighted by Crippen LogP contribution is -2.41. The molecule has 0 spiro atoms. The van der Waals surface area contributed by atoms with E-state index in [9.17, 15) is 17.6 Å². The molecule has 2 aromatic rings. The number of anilines is 1. The van der Waals surface area contributed by atoms with Crippen molar-refractivity contribution in [1.29, 1.82) is 0 Å². The maximum absolute atomic E-state index is 14.0. The summed E-state index contributed by atoms with van der Waals surface area (Å²) in [5, 5.41) is 1.10. The third-order valence-electron chi connectivity index (χ3n) is 3.67. The summed E-state index contributed by atoms with van der Waals surface area (Å²) in [7, 11) is -3.36. The molecule has 3 rings (SSSR count). The van der Waals surface area contributed by atoms with Crippen molar-refractivity contribution >= 4 is 37.4 Å². The van der Waals surface area contributed by atoms with Crippen LogP contribution in [0.3, 0.4) is 0 Å². The van der Waals surface area contributed by atoms with Gasteiger partial charge in [-0.1, -0.05) is 28.1 Å². The number of halogens is 2. The van der Waals surface area contributed by atoms with Gasteiger partial charge < -0.3 is 4.90 Å². The summed E-state index contributed by atoms with van der Waals surface area (Å²) in [5.74, 6) is -1.44. The molecule has 1 aliphatic rings. The molecule has 0 saturated heterocycles. The number of hydrogen-bond donors (Lipinski definition) is 0. The van der Waals surface area contributed by atoms with Crippen LogP contribution < -0.4 is 4.90 Å². The van der Waals surface area contributed by atoms with Crippen molar-refractivity contribution in [3.63, 3.8) is 0 Å². The molecule has 1 amide bonds. The minimum absolute atomic E-state index is 0.0990. The van der Waals surface area contributed by atoms with Gasteiger partial charge >= 0.3 is 0 Å². The van der Waals surface area contributed by atoms with Crippen LogP contribution in [-0.4, -0.2) is 26.1 Å². The normalized spacial score (nSPS) is 18.5. The highest BCUT2D eigenvalue weighted by Crippen LogP contribution is 2.27. The van der Waals surface area contributed by atoms with Crippen molar-refractivity contribution < 1.29 is 17.6 Å². The van der Waals surface area contributed by atoms with Gasteiger partial charge in [0.05, 0.1) is 17.4 Å². The Kier molecular flexibility index (Phi) is 4.56. The zero-order valence-electron chi connectivity index (χ0n) is 12.4. The van der Waals surface area contributed by atoms with Crippen LogP contribution in [0.15, 0.2) is 64.5 Å². The Balaban J connectivity index is 2.05. The number of nitrogens with zero attached hydrogens (tertiary/aromatic N) is 1. The van der Waals surface area contributed by atoms with Gasteiger partial charge in [-0.15, -0.1) is 0 Å². The lowest BCUT2D eigenvalue weighted by atomic mass is 10.1. The molecule has 4 nitrogen and oxygen atoms in total. The number of amides is 1. The minimum Gasteiger partial charge on any atom is -0.300 e. The smallest absolute Gasteiger partial charge is 0.261 e. The Morgan fingerprint density at radius 1 is 1.12 bits per heavy atom. The minimum atomic E-state index is -3.36. The van der Waals surface area contributed by atoms with Gasteiger partial charge in [-0.3, -0.25) is 4.79 Å². The molecule has 0 saturated carbocycles. The van der Waals surface area contributed by atoms with Crippen LogP contribution in [0.2, 0.25) is 0 Å². The van der Waals surface area contributed by atoms with E-state index >= 15 is 0 Å². The lowest BCUT2D eigenvalue weighted by Gasteiger charge is -2.28. The van der Waals surface area contributed by atoms with Crippen molar-refractivity contribution in [1.82, 2.24) is 0 Å². The van der Waals surface area contributed by atoms with Crippen molar-refractivity contribution in [2.45, 2.75) is 6.04 Å². The molecule has 124 valence electrons. The summed E-state index contributed by atoms with van der Waals surface area (Å²) < 4.78 is 38.3. The van der Waals surface area contributed by atoms with Gasteiger partial charge in [0.25, 0.3) is 5.91 Å². The third-order valence-corrected chi connectivity index (χ3v) is 5.58. The quantitative estimate of drug-likeness (QED) is 0.778. The molecule has 0 unspecified atom stereocenters. The van der Waals surface area contributed by atoms with E-state index < -0.39 is 27.6 Å². The Labute approximate surface area is 147 Å². The Morgan fingerprint density at radius 3 is 2.38 bits per heavy atom. The number of hydrogen-bond acceptors (Lipinski definition) is 3. The van der Waals surface area contributed by atoms with E-state index in [1.165, 1.54) is 29.2 Å². The van der Waals surface area contributed by atoms with Gasteiger partial charge in [0, 0.05) is 15.6 Å². The lowest BCUT2D eigenvalue weighted by molar-refractivity contribution is 0.0979. The molecule has 0 aromatic heterocycles. The zero-order valence-corrected chi connectivity index (χ0v) is 14.8. The summed E-state index contributed by atoms with van der Waals surface area (Å²) in [6.07, 6.45) is 1.45. The Bertz CT molecular complexity index is 910. The van der Waals surface area contributed by atoms with Crippen LogP contribution in [0.4, 0.5) is 10.1 Å². The average Bonchev–Trinajstić information content (AvgIpc) is 2.89. The number of benzene rings is 2. The molecule has 1 aliphatic heterocycles. The maximum atomic E-state index is 14.0. The number of rotatable bonds is 3. The molecule has 0 fully saturated rings. The molecule has 1 atom stereocenters. The molecule has 1 heterocycles. The molecule has 0 radical (unpaired) electrons. The second-order valence-corrected chi connectivity index (χ2v) is 8.20. The first kappa shape index (κ1) is 16.9. The highest BCUT2D eigenvalue weighted by molar-refractivity contribution is 9.10. The summed E-state index contributed by atoms with van der Waals surface area (Å²) in [4.78, 5) is 14.2. The highest BCUT2D eigenvalue weighted by atomic mass is 79.9. The van der Waals surface area contributed by atoms with Crippen LogP contribution in [0.25, 0.3) is 0 Å². The third kappa shape index (κ3) is 3.42.